The number of para-hydroxylation sites is 1. The van der Waals surface area contributed by atoms with Gasteiger partial charge in [-0.05, 0) is 61.6 Å². The van der Waals surface area contributed by atoms with Gasteiger partial charge in [0.1, 0.15) is 11.6 Å². The number of aromatic nitrogens is 1. The molecule has 1 aliphatic heterocycles. The summed E-state index contributed by atoms with van der Waals surface area (Å²) in [5, 5.41) is 0.965. The first-order chi connectivity index (χ1) is 16.7. The quantitative estimate of drug-likeness (QED) is 0.264. The van der Waals surface area contributed by atoms with Crippen LogP contribution in [0, 0.1) is 17.0 Å². The highest BCUT2D eigenvalue weighted by atomic mass is 19.3. The zero-order valence-corrected chi connectivity index (χ0v) is 19.5. The number of halogens is 4. The van der Waals surface area contributed by atoms with E-state index in [4.69, 9.17) is 0 Å². The van der Waals surface area contributed by atoms with Gasteiger partial charge in [0.15, 0.2) is 0 Å². The highest BCUT2D eigenvalue weighted by molar-refractivity contribution is 5.87. The maximum absolute atomic E-state index is 15.6. The Bertz CT molecular complexity index is 1290. The topological polar surface area (TPSA) is 45.3 Å². The van der Waals surface area contributed by atoms with Crippen LogP contribution in [0.25, 0.3) is 17.0 Å². The monoisotopic (exact) mass is 486 g/mol. The molecule has 2 aliphatic rings. The highest BCUT2D eigenvalue weighted by Crippen LogP contribution is 2.54. The van der Waals surface area contributed by atoms with E-state index < -0.39 is 35.5 Å². The summed E-state index contributed by atoms with van der Waals surface area (Å²) in [6, 6.07) is 8.84. The summed E-state index contributed by atoms with van der Waals surface area (Å²) >= 11 is 0. The molecule has 0 saturated heterocycles. The Kier molecular flexibility index (Phi) is 5.95. The molecule has 1 saturated carbocycles. The first-order valence-corrected chi connectivity index (χ1v) is 11.6. The van der Waals surface area contributed by atoms with Gasteiger partial charge in [-0.25, -0.2) is 22.4 Å². The van der Waals surface area contributed by atoms with E-state index in [-0.39, 0.29) is 23.7 Å². The maximum atomic E-state index is 15.6. The number of hydrogen-bond acceptors (Lipinski definition) is 3. The third-order valence-corrected chi connectivity index (χ3v) is 7.36. The highest BCUT2D eigenvalue weighted by Gasteiger charge is 2.54. The van der Waals surface area contributed by atoms with E-state index >= 15 is 8.78 Å². The number of carbonyl (C=O) groups is 1. The number of carbonyl (C=O) groups excluding carboxylic acids is 1. The standard InChI is InChI=1S/C27H26F4N2O2/c1-15-11-18-17-5-3-4-6-21(17)32-24(18)25(33(15)14-27(9-10-27)26(30)31)23-19(28)12-16(13-20(23)29)7-8-22(34)35-2/h3-8,12-13,15,25-26,32H,9-11,14H2,1-2H3/b8-7+/t15-,25-/m1/s1. The maximum Gasteiger partial charge on any atom is 0.330 e. The third-order valence-electron chi connectivity index (χ3n) is 7.36. The van der Waals surface area contributed by atoms with Gasteiger partial charge in [-0.1, -0.05) is 18.2 Å². The van der Waals surface area contributed by atoms with E-state index in [0.29, 0.717) is 25.0 Å². The molecule has 1 N–H and O–H groups in total. The van der Waals surface area contributed by atoms with Crippen LogP contribution in [0.3, 0.4) is 0 Å². The number of fused-ring (bicyclic) bond motifs is 3. The number of alkyl halides is 2. The molecule has 2 atom stereocenters. The largest absolute Gasteiger partial charge is 0.466 e. The molecule has 1 fully saturated rings. The van der Waals surface area contributed by atoms with Crippen molar-refractivity contribution in [1.82, 2.24) is 9.88 Å². The smallest absolute Gasteiger partial charge is 0.330 e. The molecule has 4 nitrogen and oxygen atoms in total. The lowest BCUT2D eigenvalue weighted by Gasteiger charge is -2.43. The molecule has 1 aromatic heterocycles. The zero-order valence-electron chi connectivity index (χ0n) is 19.5. The summed E-state index contributed by atoms with van der Waals surface area (Å²) in [5.41, 5.74) is 1.24. The summed E-state index contributed by atoms with van der Waals surface area (Å²) in [6.45, 7) is 1.97. The Morgan fingerprint density at radius 2 is 1.91 bits per heavy atom. The van der Waals surface area contributed by atoms with E-state index in [1.807, 2.05) is 36.1 Å². The number of ether oxygens (including phenoxy) is 1. The van der Waals surface area contributed by atoms with Crippen LogP contribution in [0.2, 0.25) is 0 Å². The molecule has 8 heteroatoms. The number of rotatable bonds is 6. The lowest BCUT2D eigenvalue weighted by atomic mass is 9.86. The van der Waals surface area contributed by atoms with E-state index in [2.05, 4.69) is 9.72 Å². The normalized spacial score (nSPS) is 21.6. The van der Waals surface area contributed by atoms with Crippen molar-refractivity contribution in [2.24, 2.45) is 5.41 Å². The van der Waals surface area contributed by atoms with E-state index in [0.717, 1.165) is 34.7 Å². The van der Waals surface area contributed by atoms with Crippen molar-refractivity contribution in [3.05, 3.63) is 76.5 Å². The summed E-state index contributed by atoms with van der Waals surface area (Å²) in [7, 11) is 1.21. The Morgan fingerprint density at radius 3 is 2.54 bits per heavy atom. The number of aromatic amines is 1. The first-order valence-electron chi connectivity index (χ1n) is 11.6. The Morgan fingerprint density at radius 1 is 1.23 bits per heavy atom. The van der Waals surface area contributed by atoms with Gasteiger partial charge in [0.05, 0.1) is 13.2 Å². The molecule has 5 rings (SSSR count). The molecule has 3 aromatic rings. The third kappa shape index (κ3) is 4.14. The molecule has 0 bridgehead atoms. The van der Waals surface area contributed by atoms with Gasteiger partial charge in [0.2, 0.25) is 6.43 Å². The number of H-pyrrole nitrogens is 1. The molecule has 2 aromatic carbocycles. The summed E-state index contributed by atoms with van der Waals surface area (Å²) in [6.07, 6.45) is 1.22. The minimum absolute atomic E-state index is 0.0498. The van der Waals surface area contributed by atoms with Crippen LogP contribution in [-0.2, 0) is 16.0 Å². The van der Waals surface area contributed by atoms with Crippen LogP contribution in [0.4, 0.5) is 17.6 Å². The fourth-order valence-corrected chi connectivity index (χ4v) is 5.23. The molecule has 0 unspecified atom stereocenters. The van der Waals surface area contributed by atoms with Crippen LogP contribution >= 0.6 is 0 Å². The van der Waals surface area contributed by atoms with Crippen molar-refractivity contribution in [1.29, 1.82) is 0 Å². The number of nitrogens with one attached hydrogen (secondary N) is 1. The van der Waals surface area contributed by atoms with E-state index in [1.54, 1.807) is 0 Å². The first kappa shape index (κ1) is 23.6. The second-order valence-corrected chi connectivity index (χ2v) is 9.61. The predicted molar refractivity (Wildman–Crippen MR) is 125 cm³/mol. The molecule has 184 valence electrons. The van der Waals surface area contributed by atoms with E-state index in [1.165, 1.54) is 13.2 Å². The molecule has 35 heavy (non-hydrogen) atoms. The summed E-state index contributed by atoms with van der Waals surface area (Å²) in [4.78, 5) is 16.5. The van der Waals surface area contributed by atoms with Crippen LogP contribution in [0.5, 0.6) is 0 Å². The molecular weight excluding hydrogens is 460 g/mol. The van der Waals surface area contributed by atoms with Gasteiger partial charge in [0, 0.05) is 46.2 Å². The molecule has 0 amide bonds. The minimum Gasteiger partial charge on any atom is -0.466 e. The lowest BCUT2D eigenvalue weighted by molar-refractivity contribution is -0.134. The number of hydrogen-bond donors (Lipinski definition) is 1. The fraction of sp³-hybridized carbons (Fsp3) is 0.370. The number of benzene rings is 2. The molecule has 0 spiro atoms. The molecular formula is C27H26F4N2O2. The van der Waals surface area contributed by atoms with Crippen molar-refractivity contribution >= 4 is 22.9 Å². The second-order valence-electron chi connectivity index (χ2n) is 9.61. The second kappa shape index (κ2) is 8.82. The minimum atomic E-state index is -2.50. The Hall–Kier alpha value is -3.13. The Labute approximate surface area is 200 Å². The van der Waals surface area contributed by atoms with Gasteiger partial charge in [-0.3, -0.25) is 4.90 Å². The average molecular weight is 487 g/mol. The number of esters is 1. The summed E-state index contributed by atoms with van der Waals surface area (Å²) < 4.78 is 63.5. The van der Waals surface area contributed by atoms with Gasteiger partial charge in [-0.15, -0.1) is 0 Å². The van der Waals surface area contributed by atoms with Crippen molar-refractivity contribution in [3.63, 3.8) is 0 Å². The Balaban J connectivity index is 1.65. The van der Waals surface area contributed by atoms with Gasteiger partial charge < -0.3 is 9.72 Å². The number of methoxy groups -OCH3 is 1. The van der Waals surface area contributed by atoms with Crippen LogP contribution < -0.4 is 0 Å². The van der Waals surface area contributed by atoms with Crippen molar-refractivity contribution in [2.45, 2.75) is 44.7 Å². The number of nitrogens with zero attached hydrogens (tertiary/aromatic N) is 1. The SMILES string of the molecule is COC(=O)/C=C/c1cc(F)c([C@@H]2c3[nH]c4ccccc4c3C[C@@H](C)N2CC2(C(F)F)CC2)c(F)c1. The molecule has 2 heterocycles. The molecule has 0 radical (unpaired) electrons. The van der Waals surface area contributed by atoms with E-state index in [9.17, 15) is 13.6 Å². The predicted octanol–water partition coefficient (Wildman–Crippen LogP) is 6.01. The average Bonchev–Trinajstić information content (AvgIpc) is 3.53. The van der Waals surface area contributed by atoms with Crippen molar-refractivity contribution in [3.8, 4) is 0 Å². The summed E-state index contributed by atoms with van der Waals surface area (Å²) in [5.74, 6) is -2.25. The van der Waals surface area contributed by atoms with Gasteiger partial charge in [0.25, 0.3) is 0 Å². The van der Waals surface area contributed by atoms with Crippen molar-refractivity contribution in [2.75, 3.05) is 13.7 Å². The van der Waals surface area contributed by atoms with Gasteiger partial charge >= 0.3 is 5.97 Å². The van der Waals surface area contributed by atoms with Crippen LogP contribution in [0.1, 0.15) is 48.2 Å². The lowest BCUT2D eigenvalue weighted by Crippen LogP contribution is -2.47. The fourth-order valence-electron chi connectivity index (χ4n) is 5.23. The van der Waals surface area contributed by atoms with Gasteiger partial charge in [-0.2, -0.15) is 0 Å². The van der Waals surface area contributed by atoms with Crippen LogP contribution in [0.15, 0.2) is 42.5 Å². The van der Waals surface area contributed by atoms with Crippen molar-refractivity contribution < 1.29 is 27.1 Å². The molecule has 1 aliphatic carbocycles. The van der Waals surface area contributed by atoms with Crippen LogP contribution in [-0.4, -0.2) is 42.0 Å². The zero-order chi connectivity index (χ0) is 24.9.